The molecular weight excluding hydrogens is 268 g/mol. The van der Waals surface area contributed by atoms with Crippen LogP contribution in [0.1, 0.15) is 55.4 Å². The van der Waals surface area contributed by atoms with Gasteiger partial charge in [-0.3, -0.25) is 0 Å². The third kappa shape index (κ3) is 3.80. The van der Waals surface area contributed by atoms with Crippen LogP contribution in [0.25, 0.3) is 0 Å². The van der Waals surface area contributed by atoms with Crippen molar-refractivity contribution in [3.05, 3.63) is 0 Å². The van der Waals surface area contributed by atoms with Gasteiger partial charge in [-0.15, -0.1) is 11.1 Å². The monoisotopic (exact) mass is 296 g/mol. The number of hydrogen-bond acceptors (Lipinski definition) is 2. The van der Waals surface area contributed by atoms with Gasteiger partial charge in [-0.05, 0) is 22.2 Å². The second-order valence-electron chi connectivity index (χ2n) is 6.17. The van der Waals surface area contributed by atoms with Crippen LogP contribution in [-0.2, 0) is 4.12 Å². The highest BCUT2D eigenvalue weighted by Crippen LogP contribution is 2.43. The molecule has 0 unspecified atom stereocenters. The first-order valence-electron chi connectivity index (χ1n) is 6.59. The SMILES string of the molecule is CC(C)[Si](O)(O[Si](Cl)(C(C)C)C(C)C)C(C)C. The number of rotatable bonds is 6. The van der Waals surface area contributed by atoms with Gasteiger partial charge in [0.25, 0.3) is 7.63 Å². The summed E-state index contributed by atoms with van der Waals surface area (Å²) in [7, 11) is -5.12. The molecule has 0 aromatic rings. The predicted molar refractivity (Wildman–Crippen MR) is 81.1 cm³/mol. The normalized spacial score (nSPS) is 14.5. The first-order valence-corrected chi connectivity index (χ1v) is 11.7. The Bertz CT molecular complexity index is 203. The minimum absolute atomic E-state index is 0.172. The number of halogens is 1. The molecule has 0 aliphatic rings. The standard InChI is InChI=1S/C12H29ClO2Si2/c1-9(2)16(13,10(3)4)15-17(14,11(5)6)12(7)8/h9-12,14H,1-8H3. The minimum atomic E-state index is -2.74. The Hall–Kier alpha value is 0.644. The summed E-state index contributed by atoms with van der Waals surface area (Å²) in [5, 5.41) is 0. The van der Waals surface area contributed by atoms with Crippen LogP contribution in [0.5, 0.6) is 0 Å². The molecule has 17 heavy (non-hydrogen) atoms. The zero-order valence-electron chi connectivity index (χ0n) is 12.5. The molecule has 0 rings (SSSR count). The van der Waals surface area contributed by atoms with Crippen molar-refractivity contribution in [1.29, 1.82) is 0 Å². The van der Waals surface area contributed by atoms with E-state index in [0.717, 1.165) is 0 Å². The summed E-state index contributed by atoms with van der Waals surface area (Å²) >= 11 is 6.77. The minimum Gasteiger partial charge on any atom is -0.423 e. The van der Waals surface area contributed by atoms with Gasteiger partial charge in [-0.1, -0.05) is 55.4 Å². The van der Waals surface area contributed by atoms with E-state index in [1.807, 2.05) is 27.7 Å². The van der Waals surface area contributed by atoms with Crippen LogP contribution in [0.15, 0.2) is 0 Å². The van der Waals surface area contributed by atoms with Crippen LogP contribution < -0.4 is 0 Å². The van der Waals surface area contributed by atoms with Crippen molar-refractivity contribution in [1.82, 2.24) is 0 Å². The molecule has 0 radical (unpaired) electrons. The zero-order valence-corrected chi connectivity index (χ0v) is 15.3. The highest BCUT2D eigenvalue weighted by molar-refractivity contribution is 7.20. The topological polar surface area (TPSA) is 29.5 Å². The molecule has 0 heterocycles. The van der Waals surface area contributed by atoms with Gasteiger partial charge in [0.15, 0.2) is 0 Å². The molecule has 0 saturated heterocycles. The molecule has 2 nitrogen and oxygen atoms in total. The summed E-state index contributed by atoms with van der Waals surface area (Å²) in [4.78, 5) is 10.9. The first-order chi connectivity index (χ1) is 7.48. The summed E-state index contributed by atoms with van der Waals surface area (Å²) in [5.41, 5.74) is 0.956. The largest absolute Gasteiger partial charge is 0.423 e. The van der Waals surface area contributed by atoms with E-state index in [4.69, 9.17) is 15.2 Å². The van der Waals surface area contributed by atoms with Crippen LogP contribution in [-0.4, -0.2) is 21.0 Å². The maximum absolute atomic E-state index is 10.9. The van der Waals surface area contributed by atoms with E-state index in [9.17, 15) is 4.80 Å². The Balaban J connectivity index is 5.22. The number of hydrogen-bond donors (Lipinski definition) is 1. The molecule has 0 aromatic heterocycles. The third-order valence-electron chi connectivity index (χ3n) is 3.55. The lowest BCUT2D eigenvalue weighted by Gasteiger charge is -2.43. The average molecular weight is 297 g/mol. The molecule has 0 fully saturated rings. The van der Waals surface area contributed by atoms with Crippen molar-refractivity contribution in [2.45, 2.75) is 77.6 Å². The van der Waals surface area contributed by atoms with Gasteiger partial charge in [0.05, 0.1) is 0 Å². The van der Waals surface area contributed by atoms with Crippen molar-refractivity contribution in [3.8, 4) is 0 Å². The Morgan fingerprint density at radius 2 is 1.06 bits per heavy atom. The Kier molecular flexibility index (Phi) is 6.43. The molecule has 5 heteroatoms. The molecule has 0 aliphatic carbocycles. The molecule has 0 atom stereocenters. The molecule has 1 N–H and O–H groups in total. The van der Waals surface area contributed by atoms with Gasteiger partial charge in [-0.25, -0.2) is 0 Å². The lowest BCUT2D eigenvalue weighted by atomic mass is 10.5. The molecule has 0 bridgehead atoms. The second kappa shape index (κ2) is 6.19. The van der Waals surface area contributed by atoms with Gasteiger partial charge in [-0.2, -0.15) is 0 Å². The molecule has 0 amide bonds. The Labute approximate surface area is 114 Å². The van der Waals surface area contributed by atoms with E-state index in [-0.39, 0.29) is 11.1 Å². The van der Waals surface area contributed by atoms with Crippen LogP contribution in [0.3, 0.4) is 0 Å². The van der Waals surface area contributed by atoms with E-state index in [1.54, 1.807) is 0 Å². The van der Waals surface area contributed by atoms with Gasteiger partial charge in [0.2, 0.25) is 0 Å². The van der Waals surface area contributed by atoms with Crippen LogP contribution in [0, 0.1) is 0 Å². The van der Waals surface area contributed by atoms with Gasteiger partial charge in [0.1, 0.15) is 0 Å². The first kappa shape index (κ1) is 17.6. The highest BCUT2D eigenvalue weighted by Gasteiger charge is 2.51. The van der Waals surface area contributed by atoms with Crippen molar-refractivity contribution in [2.24, 2.45) is 0 Å². The van der Waals surface area contributed by atoms with Gasteiger partial charge in [0, 0.05) is 0 Å². The fourth-order valence-electron chi connectivity index (χ4n) is 2.06. The smallest absolute Gasteiger partial charge is 0.331 e. The van der Waals surface area contributed by atoms with Crippen LogP contribution in [0.2, 0.25) is 22.2 Å². The lowest BCUT2D eigenvalue weighted by Crippen LogP contribution is -2.55. The highest BCUT2D eigenvalue weighted by atomic mass is 35.6. The quantitative estimate of drug-likeness (QED) is 0.566. The molecule has 0 saturated carbocycles. The fourth-order valence-corrected chi connectivity index (χ4v) is 11.6. The predicted octanol–water partition coefficient (Wildman–Crippen LogP) is 4.76. The maximum atomic E-state index is 10.9. The van der Waals surface area contributed by atoms with Crippen LogP contribution in [0.4, 0.5) is 0 Å². The van der Waals surface area contributed by atoms with Gasteiger partial charge >= 0.3 is 8.56 Å². The Morgan fingerprint density at radius 3 is 1.24 bits per heavy atom. The molecule has 104 valence electrons. The summed E-state index contributed by atoms with van der Waals surface area (Å²) < 4.78 is 6.27. The summed E-state index contributed by atoms with van der Waals surface area (Å²) in [6, 6.07) is 0. The van der Waals surface area contributed by atoms with Crippen molar-refractivity contribution < 1.29 is 8.91 Å². The van der Waals surface area contributed by atoms with E-state index >= 15 is 0 Å². The average Bonchev–Trinajstić information content (AvgIpc) is 2.15. The molecule has 0 aromatic carbocycles. The summed E-state index contributed by atoms with van der Waals surface area (Å²) in [6.07, 6.45) is 0. The fraction of sp³-hybridized carbons (Fsp3) is 1.00. The second-order valence-corrected chi connectivity index (χ2v) is 16.3. The molecule has 0 aliphatic heterocycles. The van der Waals surface area contributed by atoms with E-state index in [1.165, 1.54) is 0 Å². The zero-order chi connectivity index (χ0) is 14.0. The summed E-state index contributed by atoms with van der Waals surface area (Å²) in [5.74, 6) is 0. The van der Waals surface area contributed by atoms with Crippen molar-refractivity contribution >= 4 is 27.3 Å². The van der Waals surface area contributed by atoms with Crippen molar-refractivity contribution in [3.63, 3.8) is 0 Å². The Morgan fingerprint density at radius 1 is 0.765 bits per heavy atom. The van der Waals surface area contributed by atoms with E-state index in [2.05, 4.69) is 27.7 Å². The van der Waals surface area contributed by atoms with Crippen LogP contribution >= 0.6 is 11.1 Å². The summed E-state index contributed by atoms with van der Waals surface area (Å²) in [6.45, 7) is 16.6. The molecule has 0 spiro atoms. The van der Waals surface area contributed by atoms with Crippen molar-refractivity contribution in [2.75, 3.05) is 0 Å². The lowest BCUT2D eigenvalue weighted by molar-refractivity contribution is 0.331. The third-order valence-corrected chi connectivity index (χ3v) is 15.9. The van der Waals surface area contributed by atoms with E-state index in [0.29, 0.717) is 11.1 Å². The van der Waals surface area contributed by atoms with Gasteiger partial charge < -0.3 is 8.91 Å². The maximum Gasteiger partial charge on any atom is 0.331 e. The molecular formula is C12H29ClO2Si2. The van der Waals surface area contributed by atoms with E-state index < -0.39 is 16.2 Å².